The van der Waals surface area contributed by atoms with Gasteiger partial charge in [-0.1, -0.05) is 13.8 Å². The lowest BCUT2D eigenvalue weighted by Gasteiger charge is -2.38. The van der Waals surface area contributed by atoms with Crippen LogP contribution in [0.5, 0.6) is 0 Å². The van der Waals surface area contributed by atoms with Crippen molar-refractivity contribution in [1.29, 1.82) is 0 Å². The first-order valence-electron chi connectivity index (χ1n) is 7.11. The van der Waals surface area contributed by atoms with Crippen LogP contribution in [-0.2, 0) is 9.53 Å². The van der Waals surface area contributed by atoms with E-state index in [-0.39, 0.29) is 18.4 Å². The molecule has 21 heavy (non-hydrogen) atoms. The second-order valence-corrected chi connectivity index (χ2v) is 6.72. The number of nitrogens with zero attached hydrogens (tertiary/aromatic N) is 1. The van der Waals surface area contributed by atoms with Crippen molar-refractivity contribution < 1.29 is 14.3 Å². The van der Waals surface area contributed by atoms with Crippen LogP contribution in [-0.4, -0.2) is 49.1 Å². The molecule has 0 aromatic carbocycles. The number of morpholine rings is 1. The Kier molecular flexibility index (Phi) is 4.68. The average Bonchev–Trinajstić information content (AvgIpc) is 2.95. The van der Waals surface area contributed by atoms with E-state index in [1.165, 1.54) is 4.88 Å². The van der Waals surface area contributed by atoms with Gasteiger partial charge < -0.3 is 15.0 Å². The molecule has 1 aromatic rings. The van der Waals surface area contributed by atoms with Crippen molar-refractivity contribution >= 4 is 23.2 Å². The molecule has 5 nitrogen and oxygen atoms in total. The first-order valence-corrected chi connectivity index (χ1v) is 7.99. The zero-order chi connectivity index (χ0) is 15.6. The van der Waals surface area contributed by atoms with E-state index >= 15 is 0 Å². The maximum absolute atomic E-state index is 12.6. The fraction of sp³-hybridized carbons (Fsp3) is 0.600. The van der Waals surface area contributed by atoms with E-state index in [0.717, 1.165) is 0 Å². The highest BCUT2D eigenvalue weighted by molar-refractivity contribution is 7.10. The highest BCUT2D eigenvalue weighted by Crippen LogP contribution is 2.25. The Balaban J connectivity index is 2.13. The molecule has 2 amide bonds. The molecule has 0 saturated carbocycles. The van der Waals surface area contributed by atoms with Gasteiger partial charge in [0.1, 0.15) is 0 Å². The van der Waals surface area contributed by atoms with Crippen molar-refractivity contribution in [2.24, 2.45) is 0 Å². The van der Waals surface area contributed by atoms with Crippen molar-refractivity contribution in [3.8, 4) is 0 Å². The molecular formula is C15H22N2O3S. The highest BCUT2D eigenvalue weighted by atomic mass is 32.1. The van der Waals surface area contributed by atoms with Crippen LogP contribution in [0.15, 0.2) is 11.4 Å². The Labute approximate surface area is 129 Å². The minimum absolute atomic E-state index is 0.0309. The molecule has 1 N–H and O–H groups in total. The number of likely N-dealkylation sites (N-methyl/N-ethyl adjacent to an activating group) is 1. The fourth-order valence-corrected chi connectivity index (χ4v) is 3.29. The minimum atomic E-state index is -0.973. The monoisotopic (exact) mass is 310 g/mol. The van der Waals surface area contributed by atoms with Gasteiger partial charge in [0.15, 0.2) is 5.60 Å². The number of hydrogen-bond acceptors (Lipinski definition) is 4. The summed E-state index contributed by atoms with van der Waals surface area (Å²) in [4.78, 5) is 27.4. The zero-order valence-corrected chi connectivity index (χ0v) is 13.8. The Morgan fingerprint density at radius 3 is 2.76 bits per heavy atom. The van der Waals surface area contributed by atoms with E-state index in [2.05, 4.69) is 19.2 Å². The fourth-order valence-electron chi connectivity index (χ4n) is 2.40. The van der Waals surface area contributed by atoms with Crippen LogP contribution in [0.25, 0.3) is 0 Å². The van der Waals surface area contributed by atoms with Gasteiger partial charge in [-0.2, -0.15) is 0 Å². The number of hydrogen-bond donors (Lipinski definition) is 1. The Hall–Kier alpha value is -1.40. The van der Waals surface area contributed by atoms with Crippen molar-refractivity contribution in [3.05, 3.63) is 21.9 Å². The molecule has 0 bridgehead atoms. The molecule has 1 aliphatic rings. The largest absolute Gasteiger partial charge is 0.362 e. The second kappa shape index (κ2) is 6.15. The van der Waals surface area contributed by atoms with Crippen molar-refractivity contribution in [1.82, 2.24) is 10.2 Å². The van der Waals surface area contributed by atoms with E-state index in [1.54, 1.807) is 30.2 Å². The summed E-state index contributed by atoms with van der Waals surface area (Å²) in [5.74, 6) is 0.183. The molecule has 1 fully saturated rings. The third-order valence-electron chi connectivity index (χ3n) is 3.70. The van der Waals surface area contributed by atoms with E-state index < -0.39 is 5.60 Å². The number of amides is 2. The molecular weight excluding hydrogens is 288 g/mol. The lowest BCUT2D eigenvalue weighted by molar-refractivity contribution is -0.153. The lowest BCUT2D eigenvalue weighted by atomic mass is 10.0. The first kappa shape index (κ1) is 16.0. The predicted molar refractivity (Wildman–Crippen MR) is 82.7 cm³/mol. The summed E-state index contributed by atoms with van der Waals surface area (Å²) in [7, 11) is 1.57. The summed E-state index contributed by atoms with van der Waals surface area (Å²) in [5.41, 5.74) is -0.274. The van der Waals surface area contributed by atoms with Gasteiger partial charge >= 0.3 is 0 Å². The van der Waals surface area contributed by atoms with E-state index in [0.29, 0.717) is 24.6 Å². The summed E-state index contributed by atoms with van der Waals surface area (Å²) in [6.45, 7) is 7.10. The van der Waals surface area contributed by atoms with Gasteiger partial charge in [-0.3, -0.25) is 9.59 Å². The molecule has 1 aromatic heterocycles. The van der Waals surface area contributed by atoms with Crippen LogP contribution >= 0.6 is 11.3 Å². The number of nitrogens with one attached hydrogen (secondary N) is 1. The minimum Gasteiger partial charge on any atom is -0.362 e. The lowest BCUT2D eigenvalue weighted by Crippen LogP contribution is -2.58. The van der Waals surface area contributed by atoms with Crippen LogP contribution in [0, 0.1) is 0 Å². The molecule has 2 heterocycles. The number of thiophene rings is 1. The summed E-state index contributed by atoms with van der Waals surface area (Å²) >= 11 is 1.60. The van der Waals surface area contributed by atoms with Gasteiger partial charge in [-0.15, -0.1) is 11.3 Å². The molecule has 6 heteroatoms. The van der Waals surface area contributed by atoms with Crippen LogP contribution in [0.4, 0.5) is 0 Å². The smallest absolute Gasteiger partial charge is 0.254 e. The van der Waals surface area contributed by atoms with Crippen molar-refractivity contribution in [2.75, 3.05) is 26.7 Å². The van der Waals surface area contributed by atoms with Gasteiger partial charge in [0.2, 0.25) is 0 Å². The van der Waals surface area contributed by atoms with E-state index in [9.17, 15) is 9.59 Å². The number of carbonyl (C=O) groups excluding carboxylic acids is 2. The van der Waals surface area contributed by atoms with E-state index in [4.69, 9.17) is 4.74 Å². The Bertz CT molecular complexity index is 541. The van der Waals surface area contributed by atoms with Gasteiger partial charge in [0.05, 0.1) is 18.7 Å². The Morgan fingerprint density at radius 2 is 2.19 bits per heavy atom. The predicted octanol–water partition coefficient (Wildman–Crippen LogP) is 1.85. The SMILES string of the molecule is CNC(=O)[C@@]1(C)CN(C(=O)c2csc(C(C)C)c2)CCO1. The summed E-state index contributed by atoms with van der Waals surface area (Å²) in [6.07, 6.45) is 0. The summed E-state index contributed by atoms with van der Waals surface area (Å²) in [6, 6.07) is 1.95. The number of carbonyl (C=O) groups is 2. The highest BCUT2D eigenvalue weighted by Gasteiger charge is 2.40. The third kappa shape index (κ3) is 3.27. The summed E-state index contributed by atoms with van der Waals surface area (Å²) in [5, 5.41) is 4.49. The van der Waals surface area contributed by atoms with Crippen LogP contribution < -0.4 is 5.32 Å². The van der Waals surface area contributed by atoms with Gasteiger partial charge in [0.25, 0.3) is 11.8 Å². The van der Waals surface area contributed by atoms with E-state index in [1.807, 2.05) is 11.4 Å². The number of rotatable bonds is 3. The standard InChI is InChI=1S/C15H22N2O3S/c1-10(2)12-7-11(8-21-12)13(18)17-5-6-20-15(3,9-17)14(19)16-4/h7-8,10H,5-6,9H2,1-4H3,(H,16,19)/t15-/m1/s1. The second-order valence-electron chi connectivity index (χ2n) is 5.78. The zero-order valence-electron chi connectivity index (χ0n) is 12.9. The van der Waals surface area contributed by atoms with Crippen molar-refractivity contribution in [3.63, 3.8) is 0 Å². The van der Waals surface area contributed by atoms with Crippen LogP contribution in [0.2, 0.25) is 0 Å². The van der Waals surface area contributed by atoms with Gasteiger partial charge in [0, 0.05) is 23.8 Å². The molecule has 0 aliphatic carbocycles. The molecule has 0 spiro atoms. The van der Waals surface area contributed by atoms with Crippen molar-refractivity contribution in [2.45, 2.75) is 32.3 Å². The quantitative estimate of drug-likeness (QED) is 0.927. The summed E-state index contributed by atoms with van der Waals surface area (Å²) < 4.78 is 5.57. The van der Waals surface area contributed by atoms with Gasteiger partial charge in [-0.05, 0) is 18.9 Å². The molecule has 0 unspecified atom stereocenters. The van der Waals surface area contributed by atoms with Crippen LogP contribution in [0.3, 0.4) is 0 Å². The maximum atomic E-state index is 12.6. The first-order chi connectivity index (χ1) is 9.87. The number of ether oxygens (including phenoxy) is 1. The average molecular weight is 310 g/mol. The molecule has 1 aliphatic heterocycles. The normalized spacial score (nSPS) is 22.4. The van der Waals surface area contributed by atoms with Crippen LogP contribution in [0.1, 0.15) is 41.9 Å². The topological polar surface area (TPSA) is 58.6 Å². The molecule has 1 atom stereocenters. The molecule has 2 rings (SSSR count). The van der Waals surface area contributed by atoms with Gasteiger partial charge in [-0.25, -0.2) is 0 Å². The molecule has 116 valence electrons. The maximum Gasteiger partial charge on any atom is 0.254 e. The molecule has 0 radical (unpaired) electrons. The Morgan fingerprint density at radius 1 is 1.48 bits per heavy atom. The molecule has 1 saturated heterocycles. The third-order valence-corrected chi connectivity index (χ3v) is 4.94.